The Balaban J connectivity index is 2.31. The molecular weight excluding hydrogens is 248 g/mol. The Bertz CT molecular complexity index is 570. The van der Waals surface area contributed by atoms with E-state index >= 15 is 0 Å². The van der Waals surface area contributed by atoms with Gasteiger partial charge >= 0.3 is 0 Å². The van der Waals surface area contributed by atoms with Crippen LogP contribution >= 0.6 is 0 Å². The van der Waals surface area contributed by atoms with Gasteiger partial charge in [-0.3, -0.25) is 5.10 Å². The quantitative estimate of drug-likeness (QED) is 0.894. The monoisotopic (exact) mass is 265 g/mol. The molecule has 2 N–H and O–H groups in total. The summed E-state index contributed by atoms with van der Waals surface area (Å²) in [5.74, 6) is -1.72. The summed E-state index contributed by atoms with van der Waals surface area (Å²) in [5, 5.41) is 9.94. The molecule has 2 aromatic rings. The van der Waals surface area contributed by atoms with Crippen molar-refractivity contribution in [1.82, 2.24) is 15.5 Å². The minimum atomic E-state index is -0.859. The van der Waals surface area contributed by atoms with Gasteiger partial charge in [0.05, 0.1) is 11.9 Å². The third-order valence-electron chi connectivity index (χ3n) is 2.75. The third-order valence-corrected chi connectivity index (χ3v) is 2.75. The van der Waals surface area contributed by atoms with Crippen molar-refractivity contribution in [2.45, 2.75) is 32.9 Å². The molecule has 0 amide bonds. The summed E-state index contributed by atoms with van der Waals surface area (Å²) >= 11 is 0. The average Bonchev–Trinajstić information content (AvgIpc) is 2.77. The van der Waals surface area contributed by atoms with Crippen molar-refractivity contribution >= 4 is 0 Å². The van der Waals surface area contributed by atoms with Crippen molar-refractivity contribution in [1.29, 1.82) is 0 Å². The SMILES string of the molecule is CC(C)(C)NCc1cn[nH]c1-c1cccc(F)c1F. The van der Waals surface area contributed by atoms with Crippen LogP contribution in [0.3, 0.4) is 0 Å². The van der Waals surface area contributed by atoms with Crippen LogP contribution in [0.2, 0.25) is 0 Å². The van der Waals surface area contributed by atoms with E-state index in [2.05, 4.69) is 15.5 Å². The number of H-pyrrole nitrogens is 1. The van der Waals surface area contributed by atoms with Gasteiger partial charge in [-0.25, -0.2) is 8.78 Å². The molecule has 1 heterocycles. The lowest BCUT2D eigenvalue weighted by molar-refractivity contribution is 0.424. The predicted molar refractivity (Wildman–Crippen MR) is 70.5 cm³/mol. The van der Waals surface area contributed by atoms with E-state index in [0.717, 1.165) is 11.6 Å². The minimum absolute atomic E-state index is 0.0605. The maximum Gasteiger partial charge on any atom is 0.168 e. The normalized spacial score (nSPS) is 11.8. The Morgan fingerprint density at radius 2 is 2.00 bits per heavy atom. The summed E-state index contributed by atoms with van der Waals surface area (Å²) in [6, 6.07) is 4.12. The Hall–Kier alpha value is -1.75. The van der Waals surface area contributed by atoms with Gasteiger partial charge in [0.25, 0.3) is 0 Å². The molecule has 0 aliphatic carbocycles. The summed E-state index contributed by atoms with van der Waals surface area (Å²) < 4.78 is 27.0. The molecule has 0 atom stereocenters. The number of hydrogen-bond donors (Lipinski definition) is 2. The van der Waals surface area contributed by atoms with Crippen LogP contribution in [0.25, 0.3) is 11.3 Å². The number of aromatic amines is 1. The molecular formula is C14H17F2N3. The van der Waals surface area contributed by atoms with Crippen molar-refractivity contribution in [3.05, 3.63) is 41.6 Å². The van der Waals surface area contributed by atoms with E-state index in [9.17, 15) is 8.78 Å². The van der Waals surface area contributed by atoms with Crippen molar-refractivity contribution in [3.8, 4) is 11.3 Å². The van der Waals surface area contributed by atoms with E-state index in [0.29, 0.717) is 12.2 Å². The Labute approximate surface area is 111 Å². The zero-order valence-corrected chi connectivity index (χ0v) is 11.2. The number of halogens is 2. The van der Waals surface area contributed by atoms with Gasteiger partial charge < -0.3 is 5.32 Å². The molecule has 5 heteroatoms. The highest BCUT2D eigenvalue weighted by Gasteiger charge is 2.16. The maximum atomic E-state index is 13.8. The topological polar surface area (TPSA) is 40.7 Å². The summed E-state index contributed by atoms with van der Waals surface area (Å²) in [7, 11) is 0. The Morgan fingerprint density at radius 3 is 2.68 bits per heavy atom. The third kappa shape index (κ3) is 3.17. The molecule has 0 bridgehead atoms. The van der Waals surface area contributed by atoms with Gasteiger partial charge in [-0.15, -0.1) is 0 Å². The average molecular weight is 265 g/mol. The molecule has 1 aromatic carbocycles. The highest BCUT2D eigenvalue weighted by atomic mass is 19.2. The first-order valence-corrected chi connectivity index (χ1v) is 6.10. The van der Waals surface area contributed by atoms with Crippen LogP contribution < -0.4 is 5.32 Å². The predicted octanol–water partition coefficient (Wildman–Crippen LogP) is 3.24. The fourth-order valence-corrected chi connectivity index (χ4v) is 1.74. The molecule has 0 aliphatic rings. The molecule has 0 fully saturated rings. The summed E-state index contributed by atoms with van der Waals surface area (Å²) in [5.41, 5.74) is 1.45. The number of rotatable bonds is 3. The van der Waals surface area contributed by atoms with Crippen molar-refractivity contribution < 1.29 is 8.78 Å². The van der Waals surface area contributed by atoms with Gasteiger partial charge in [-0.05, 0) is 32.9 Å². The van der Waals surface area contributed by atoms with Crippen molar-refractivity contribution in [2.24, 2.45) is 0 Å². The zero-order chi connectivity index (χ0) is 14.0. The lowest BCUT2D eigenvalue weighted by Crippen LogP contribution is -2.35. The number of hydrogen-bond acceptors (Lipinski definition) is 2. The van der Waals surface area contributed by atoms with Gasteiger partial charge in [0.15, 0.2) is 11.6 Å². The molecule has 2 rings (SSSR count). The Kier molecular flexibility index (Phi) is 3.66. The maximum absolute atomic E-state index is 13.8. The van der Waals surface area contributed by atoms with E-state index in [1.807, 2.05) is 20.8 Å². The summed E-state index contributed by atoms with van der Waals surface area (Å²) in [4.78, 5) is 0. The Morgan fingerprint density at radius 1 is 1.26 bits per heavy atom. The van der Waals surface area contributed by atoms with Crippen LogP contribution in [0.1, 0.15) is 26.3 Å². The van der Waals surface area contributed by atoms with Crippen LogP contribution in [0.15, 0.2) is 24.4 Å². The van der Waals surface area contributed by atoms with Crippen LogP contribution in [-0.4, -0.2) is 15.7 Å². The fraction of sp³-hybridized carbons (Fsp3) is 0.357. The molecule has 0 saturated heterocycles. The zero-order valence-electron chi connectivity index (χ0n) is 11.2. The highest BCUT2D eigenvalue weighted by molar-refractivity contribution is 5.63. The fourth-order valence-electron chi connectivity index (χ4n) is 1.74. The van der Waals surface area contributed by atoms with Crippen molar-refractivity contribution in [2.75, 3.05) is 0 Å². The van der Waals surface area contributed by atoms with E-state index < -0.39 is 11.6 Å². The second-order valence-corrected chi connectivity index (χ2v) is 5.48. The molecule has 1 aromatic heterocycles. The van der Waals surface area contributed by atoms with Gasteiger partial charge in [0, 0.05) is 23.2 Å². The number of nitrogens with zero attached hydrogens (tertiary/aromatic N) is 1. The van der Waals surface area contributed by atoms with E-state index in [1.54, 1.807) is 6.20 Å². The first-order chi connectivity index (χ1) is 8.88. The van der Waals surface area contributed by atoms with E-state index in [-0.39, 0.29) is 11.1 Å². The van der Waals surface area contributed by atoms with Crippen molar-refractivity contribution in [3.63, 3.8) is 0 Å². The van der Waals surface area contributed by atoms with Crippen LogP contribution in [0, 0.1) is 11.6 Å². The lowest BCUT2D eigenvalue weighted by Gasteiger charge is -2.20. The smallest absolute Gasteiger partial charge is 0.168 e. The molecule has 0 saturated carbocycles. The van der Waals surface area contributed by atoms with Gasteiger partial charge in [-0.1, -0.05) is 6.07 Å². The first-order valence-electron chi connectivity index (χ1n) is 6.10. The van der Waals surface area contributed by atoms with Gasteiger partial charge in [-0.2, -0.15) is 5.10 Å². The largest absolute Gasteiger partial charge is 0.308 e. The second-order valence-electron chi connectivity index (χ2n) is 5.48. The molecule has 0 spiro atoms. The molecule has 0 unspecified atom stereocenters. The molecule has 0 radical (unpaired) electrons. The molecule has 102 valence electrons. The van der Waals surface area contributed by atoms with Gasteiger partial charge in [0.1, 0.15) is 0 Å². The van der Waals surface area contributed by atoms with Crippen LogP contribution in [0.4, 0.5) is 8.78 Å². The highest BCUT2D eigenvalue weighted by Crippen LogP contribution is 2.25. The van der Waals surface area contributed by atoms with E-state index in [1.165, 1.54) is 12.1 Å². The summed E-state index contributed by atoms with van der Waals surface area (Å²) in [6.07, 6.45) is 1.62. The van der Waals surface area contributed by atoms with E-state index in [4.69, 9.17) is 0 Å². The standard InChI is InChI=1S/C14H17F2N3/c1-14(2,3)17-7-9-8-18-19-13(9)10-5-4-6-11(15)12(10)16/h4-6,8,17H,7H2,1-3H3,(H,18,19). The van der Waals surface area contributed by atoms with Crippen LogP contribution in [0.5, 0.6) is 0 Å². The first kappa shape index (κ1) is 13.7. The van der Waals surface area contributed by atoms with Crippen LogP contribution in [-0.2, 0) is 6.54 Å². The lowest BCUT2D eigenvalue weighted by atomic mass is 10.1. The second kappa shape index (κ2) is 5.09. The molecule has 19 heavy (non-hydrogen) atoms. The van der Waals surface area contributed by atoms with Gasteiger partial charge in [0.2, 0.25) is 0 Å². The minimum Gasteiger partial charge on any atom is -0.308 e. The number of benzene rings is 1. The molecule has 0 aliphatic heterocycles. The molecule has 3 nitrogen and oxygen atoms in total. The number of nitrogens with one attached hydrogen (secondary N) is 2. The number of aromatic nitrogens is 2. The summed E-state index contributed by atoms with van der Waals surface area (Å²) in [6.45, 7) is 6.64.